The molecule has 4 aromatic rings. The lowest BCUT2D eigenvalue weighted by molar-refractivity contribution is 1.09. The van der Waals surface area contributed by atoms with Crippen LogP contribution in [-0.2, 0) is 0 Å². The number of benzene rings is 1. The summed E-state index contributed by atoms with van der Waals surface area (Å²) in [7, 11) is 0. The van der Waals surface area contributed by atoms with E-state index in [1.165, 1.54) is 0 Å². The van der Waals surface area contributed by atoms with Crippen molar-refractivity contribution >= 4 is 22.6 Å². The summed E-state index contributed by atoms with van der Waals surface area (Å²) < 4.78 is 2.05. The Hall–Kier alpha value is -3.47. The van der Waals surface area contributed by atoms with Crippen LogP contribution in [0, 0.1) is 0 Å². The van der Waals surface area contributed by atoms with Crippen LogP contribution in [0.5, 0.6) is 0 Å². The van der Waals surface area contributed by atoms with Gasteiger partial charge in [-0.1, -0.05) is 0 Å². The number of aliphatic imine (C=N–C) groups is 1. The van der Waals surface area contributed by atoms with Gasteiger partial charge in [-0.25, -0.2) is 9.98 Å². The normalized spacial score (nSPS) is 11.8. The van der Waals surface area contributed by atoms with E-state index in [9.17, 15) is 0 Å². The minimum Gasteiger partial charge on any atom is -0.383 e. The molecule has 0 bridgehead atoms. The van der Waals surface area contributed by atoms with Crippen LogP contribution < -0.4 is 5.73 Å². The number of rotatable bonds is 3. The smallest absolute Gasteiger partial charge is 0.144 e. The molecule has 0 aliphatic heterocycles. The van der Waals surface area contributed by atoms with Crippen molar-refractivity contribution in [1.29, 1.82) is 0 Å². The Labute approximate surface area is 139 Å². The van der Waals surface area contributed by atoms with Gasteiger partial charge in [-0.15, -0.1) is 0 Å². The molecule has 5 heteroatoms. The number of nitrogens with two attached hydrogens (primary N) is 1. The maximum Gasteiger partial charge on any atom is 0.144 e. The molecule has 0 fully saturated rings. The highest BCUT2D eigenvalue weighted by atomic mass is 15.0. The van der Waals surface area contributed by atoms with Crippen LogP contribution in [0.3, 0.4) is 0 Å². The molecule has 0 spiro atoms. The lowest BCUT2D eigenvalue weighted by Gasteiger charge is -2.06. The van der Waals surface area contributed by atoms with Gasteiger partial charge < -0.3 is 10.3 Å². The molecule has 0 atom stereocenters. The van der Waals surface area contributed by atoms with E-state index in [0.29, 0.717) is 5.84 Å². The summed E-state index contributed by atoms with van der Waals surface area (Å²) in [4.78, 5) is 12.8. The molecular weight excluding hydrogens is 298 g/mol. The van der Waals surface area contributed by atoms with Gasteiger partial charge in [0.1, 0.15) is 11.5 Å². The van der Waals surface area contributed by atoms with Crippen LogP contribution in [0.25, 0.3) is 16.7 Å². The van der Waals surface area contributed by atoms with Gasteiger partial charge in [0.05, 0.1) is 5.69 Å². The number of hydrogen-bond donors (Lipinski definition) is 1. The van der Waals surface area contributed by atoms with Crippen LogP contribution in [0.4, 0.5) is 5.69 Å². The Morgan fingerprint density at radius 1 is 0.917 bits per heavy atom. The number of pyridine rings is 2. The third-order valence-electron chi connectivity index (χ3n) is 3.80. The Morgan fingerprint density at radius 3 is 2.50 bits per heavy atom. The van der Waals surface area contributed by atoms with E-state index >= 15 is 0 Å². The van der Waals surface area contributed by atoms with Crippen LogP contribution in [0.2, 0.25) is 0 Å². The Morgan fingerprint density at radius 2 is 1.71 bits per heavy atom. The van der Waals surface area contributed by atoms with Crippen molar-refractivity contribution < 1.29 is 0 Å². The molecule has 0 amide bonds. The van der Waals surface area contributed by atoms with E-state index in [-0.39, 0.29) is 0 Å². The predicted molar refractivity (Wildman–Crippen MR) is 95.7 cm³/mol. The molecule has 0 saturated carbocycles. The maximum absolute atomic E-state index is 6.10. The highest BCUT2D eigenvalue weighted by molar-refractivity contribution is 5.99. The van der Waals surface area contributed by atoms with Crippen LogP contribution in [0.15, 0.2) is 84.4 Å². The van der Waals surface area contributed by atoms with E-state index in [1.54, 1.807) is 18.6 Å². The lowest BCUT2D eigenvalue weighted by atomic mass is 10.2. The summed E-state index contributed by atoms with van der Waals surface area (Å²) in [5, 5.41) is 1.11. The monoisotopic (exact) mass is 313 g/mol. The van der Waals surface area contributed by atoms with E-state index in [2.05, 4.69) is 25.6 Å². The second-order valence-electron chi connectivity index (χ2n) is 5.35. The zero-order chi connectivity index (χ0) is 16.4. The van der Waals surface area contributed by atoms with Gasteiger partial charge >= 0.3 is 0 Å². The minimum absolute atomic E-state index is 0.475. The molecule has 1 aromatic carbocycles. The molecule has 0 aliphatic rings. The number of amidine groups is 1. The van der Waals surface area contributed by atoms with E-state index in [0.717, 1.165) is 28.0 Å². The molecule has 5 nitrogen and oxygen atoms in total. The summed E-state index contributed by atoms with van der Waals surface area (Å²) in [5.41, 5.74) is 9.72. The molecule has 0 saturated heterocycles. The van der Waals surface area contributed by atoms with E-state index in [4.69, 9.17) is 5.73 Å². The van der Waals surface area contributed by atoms with E-state index < -0.39 is 0 Å². The average molecular weight is 313 g/mol. The summed E-state index contributed by atoms with van der Waals surface area (Å²) >= 11 is 0. The second kappa shape index (κ2) is 5.96. The van der Waals surface area contributed by atoms with Crippen molar-refractivity contribution in [3.8, 4) is 5.69 Å². The van der Waals surface area contributed by atoms with Gasteiger partial charge in [0, 0.05) is 41.4 Å². The van der Waals surface area contributed by atoms with Gasteiger partial charge in [0.15, 0.2) is 0 Å². The Bertz CT molecular complexity index is 1000. The molecule has 0 aliphatic carbocycles. The van der Waals surface area contributed by atoms with Crippen molar-refractivity contribution in [3.05, 3.63) is 84.9 Å². The third-order valence-corrected chi connectivity index (χ3v) is 3.80. The largest absolute Gasteiger partial charge is 0.383 e. The van der Waals surface area contributed by atoms with Crippen LogP contribution in [-0.4, -0.2) is 20.4 Å². The van der Waals surface area contributed by atoms with Crippen LogP contribution >= 0.6 is 0 Å². The van der Waals surface area contributed by atoms with Crippen molar-refractivity contribution in [2.75, 3.05) is 0 Å². The summed E-state index contributed by atoms with van der Waals surface area (Å²) in [6.45, 7) is 0. The SMILES string of the molecule is N/C(=N/c1ccncc1)c1ccc(-n2ccc3cccnc32)cc1. The fraction of sp³-hybridized carbons (Fsp3) is 0. The summed E-state index contributed by atoms with van der Waals surface area (Å²) in [6, 6.07) is 17.6. The van der Waals surface area contributed by atoms with Crippen LogP contribution in [0.1, 0.15) is 5.56 Å². The fourth-order valence-corrected chi connectivity index (χ4v) is 2.59. The quantitative estimate of drug-likeness (QED) is 0.465. The van der Waals surface area contributed by atoms with Gasteiger partial charge in [-0.05, 0) is 54.6 Å². The number of aromatic nitrogens is 3. The molecule has 3 aromatic heterocycles. The third kappa shape index (κ3) is 2.63. The number of fused-ring (bicyclic) bond motifs is 1. The zero-order valence-corrected chi connectivity index (χ0v) is 12.9. The predicted octanol–water partition coefficient (Wildman–Crippen LogP) is 3.46. The molecule has 116 valence electrons. The highest BCUT2D eigenvalue weighted by Crippen LogP contribution is 2.19. The molecule has 3 heterocycles. The van der Waals surface area contributed by atoms with Crippen molar-refractivity contribution in [2.45, 2.75) is 0 Å². The molecule has 24 heavy (non-hydrogen) atoms. The fourth-order valence-electron chi connectivity index (χ4n) is 2.59. The number of nitrogens with zero attached hydrogens (tertiary/aromatic N) is 4. The molecule has 4 rings (SSSR count). The molecule has 0 radical (unpaired) electrons. The molecule has 0 unspecified atom stereocenters. The van der Waals surface area contributed by atoms with Crippen molar-refractivity contribution in [1.82, 2.24) is 14.5 Å². The van der Waals surface area contributed by atoms with Gasteiger partial charge in [-0.2, -0.15) is 0 Å². The average Bonchev–Trinajstić information content (AvgIpc) is 3.07. The standard InChI is InChI=1S/C19H15N5/c20-18(23-16-7-11-21-12-8-16)14-3-5-17(6-4-14)24-13-9-15-2-1-10-22-19(15)24/h1-13H,(H2,20,21,23). The first-order valence-electron chi connectivity index (χ1n) is 7.58. The zero-order valence-electron chi connectivity index (χ0n) is 12.9. The first-order valence-corrected chi connectivity index (χ1v) is 7.58. The summed E-state index contributed by atoms with van der Waals surface area (Å²) in [5.74, 6) is 0.475. The topological polar surface area (TPSA) is 69.1 Å². The highest BCUT2D eigenvalue weighted by Gasteiger charge is 2.05. The van der Waals surface area contributed by atoms with Crippen molar-refractivity contribution in [2.24, 2.45) is 10.7 Å². The Balaban J connectivity index is 1.67. The first kappa shape index (κ1) is 14.1. The summed E-state index contributed by atoms with van der Waals surface area (Å²) in [6.07, 6.45) is 7.20. The van der Waals surface area contributed by atoms with Gasteiger partial charge in [0.2, 0.25) is 0 Å². The van der Waals surface area contributed by atoms with Gasteiger partial charge in [0.25, 0.3) is 0 Å². The Kier molecular flexibility index (Phi) is 3.51. The van der Waals surface area contributed by atoms with E-state index in [1.807, 2.05) is 54.7 Å². The maximum atomic E-state index is 6.10. The first-order chi connectivity index (χ1) is 11.8. The second-order valence-corrected chi connectivity index (χ2v) is 5.35. The number of hydrogen-bond acceptors (Lipinski definition) is 3. The van der Waals surface area contributed by atoms with Gasteiger partial charge in [-0.3, -0.25) is 4.98 Å². The molecular formula is C19H15N5. The molecule has 2 N–H and O–H groups in total. The lowest BCUT2D eigenvalue weighted by Crippen LogP contribution is -2.12. The van der Waals surface area contributed by atoms with Crippen molar-refractivity contribution in [3.63, 3.8) is 0 Å². The minimum atomic E-state index is 0.475.